The van der Waals surface area contributed by atoms with Crippen LogP contribution in [0.25, 0.3) is 11.0 Å². The second-order valence-corrected chi connectivity index (χ2v) is 5.08. The van der Waals surface area contributed by atoms with E-state index in [1.54, 1.807) is 0 Å². The summed E-state index contributed by atoms with van der Waals surface area (Å²) in [5.74, 6) is 1.23. The van der Waals surface area contributed by atoms with Crippen LogP contribution in [0.5, 0.6) is 5.75 Å². The van der Waals surface area contributed by atoms with Crippen LogP contribution in [0.1, 0.15) is 11.4 Å². The van der Waals surface area contributed by atoms with E-state index in [9.17, 15) is 4.79 Å². The van der Waals surface area contributed by atoms with Gasteiger partial charge in [-0.15, -0.1) is 0 Å². The highest BCUT2D eigenvalue weighted by molar-refractivity contribution is 5.78. The minimum Gasteiger partial charge on any atom is -0.484 e. The molecule has 0 spiro atoms. The van der Waals surface area contributed by atoms with Gasteiger partial charge in [-0.2, -0.15) is 0 Å². The standard InChI is InChI=1S/C17H17N3O2/c1-12-7-8-14-15(9-12)20-16(19-14)10-18-17(21)11-22-13-5-3-2-4-6-13/h2-9H,10-11H2,1H3,(H,18,21)(H,19,20). The molecule has 22 heavy (non-hydrogen) atoms. The molecule has 0 saturated carbocycles. The average molecular weight is 295 g/mol. The molecule has 0 atom stereocenters. The van der Waals surface area contributed by atoms with Gasteiger partial charge in [0.25, 0.3) is 5.91 Å². The second-order valence-electron chi connectivity index (χ2n) is 5.08. The van der Waals surface area contributed by atoms with Gasteiger partial charge < -0.3 is 15.0 Å². The number of para-hydroxylation sites is 1. The number of benzene rings is 2. The Balaban J connectivity index is 1.53. The monoisotopic (exact) mass is 295 g/mol. The predicted molar refractivity (Wildman–Crippen MR) is 84.6 cm³/mol. The lowest BCUT2D eigenvalue weighted by Crippen LogP contribution is -2.28. The third kappa shape index (κ3) is 3.44. The smallest absolute Gasteiger partial charge is 0.258 e. The normalized spacial score (nSPS) is 10.6. The summed E-state index contributed by atoms with van der Waals surface area (Å²) in [7, 11) is 0. The van der Waals surface area contributed by atoms with Crippen LogP contribution >= 0.6 is 0 Å². The van der Waals surface area contributed by atoms with Gasteiger partial charge in [0.15, 0.2) is 6.61 Å². The minimum atomic E-state index is -0.180. The number of aryl methyl sites for hydroxylation is 1. The molecule has 2 N–H and O–H groups in total. The summed E-state index contributed by atoms with van der Waals surface area (Å²) in [6, 6.07) is 15.3. The van der Waals surface area contributed by atoms with Crippen LogP contribution < -0.4 is 10.1 Å². The van der Waals surface area contributed by atoms with Crippen molar-refractivity contribution in [1.29, 1.82) is 0 Å². The van der Waals surface area contributed by atoms with Gasteiger partial charge in [0, 0.05) is 0 Å². The highest BCUT2D eigenvalue weighted by Gasteiger charge is 2.06. The Bertz CT molecular complexity index is 781. The van der Waals surface area contributed by atoms with Crippen LogP contribution in [-0.4, -0.2) is 22.5 Å². The summed E-state index contributed by atoms with van der Waals surface area (Å²) in [6.07, 6.45) is 0. The Morgan fingerprint density at radius 2 is 2.05 bits per heavy atom. The summed E-state index contributed by atoms with van der Waals surface area (Å²) >= 11 is 0. The molecule has 2 aromatic carbocycles. The van der Waals surface area contributed by atoms with Gasteiger partial charge in [0.05, 0.1) is 17.6 Å². The Morgan fingerprint density at radius 1 is 1.23 bits per heavy atom. The fourth-order valence-corrected chi connectivity index (χ4v) is 2.16. The van der Waals surface area contributed by atoms with Crippen molar-refractivity contribution in [1.82, 2.24) is 15.3 Å². The zero-order valence-electron chi connectivity index (χ0n) is 12.3. The number of nitrogens with zero attached hydrogens (tertiary/aromatic N) is 1. The number of fused-ring (bicyclic) bond motifs is 1. The van der Waals surface area contributed by atoms with Crippen LogP contribution in [0, 0.1) is 6.92 Å². The molecule has 112 valence electrons. The maximum Gasteiger partial charge on any atom is 0.258 e. The first-order valence-electron chi connectivity index (χ1n) is 7.10. The lowest BCUT2D eigenvalue weighted by atomic mass is 10.2. The van der Waals surface area contributed by atoms with Crippen LogP contribution in [-0.2, 0) is 11.3 Å². The Hall–Kier alpha value is -2.82. The van der Waals surface area contributed by atoms with E-state index in [2.05, 4.69) is 15.3 Å². The zero-order chi connectivity index (χ0) is 15.4. The first-order chi connectivity index (χ1) is 10.7. The van der Waals surface area contributed by atoms with Crippen molar-refractivity contribution in [3.05, 3.63) is 59.9 Å². The van der Waals surface area contributed by atoms with E-state index in [1.807, 2.05) is 55.5 Å². The molecule has 0 aliphatic heterocycles. The molecule has 1 amide bonds. The van der Waals surface area contributed by atoms with Gasteiger partial charge in [0.2, 0.25) is 0 Å². The fourth-order valence-electron chi connectivity index (χ4n) is 2.16. The van der Waals surface area contributed by atoms with Crippen LogP contribution in [0.2, 0.25) is 0 Å². The number of hydrogen-bond donors (Lipinski definition) is 2. The van der Waals surface area contributed by atoms with E-state index in [1.165, 1.54) is 5.56 Å². The predicted octanol–water partition coefficient (Wildman–Crippen LogP) is 2.57. The summed E-state index contributed by atoms with van der Waals surface area (Å²) in [5.41, 5.74) is 3.04. The highest BCUT2D eigenvalue weighted by Crippen LogP contribution is 2.13. The molecule has 0 bridgehead atoms. The molecule has 3 rings (SSSR count). The number of aromatic nitrogens is 2. The third-order valence-corrected chi connectivity index (χ3v) is 3.25. The molecule has 5 heteroatoms. The molecule has 0 aliphatic rings. The molecule has 1 aromatic heterocycles. The summed E-state index contributed by atoms with van der Waals surface area (Å²) < 4.78 is 5.39. The van der Waals surface area contributed by atoms with Crippen molar-refractivity contribution in [3.63, 3.8) is 0 Å². The molecule has 0 fully saturated rings. The van der Waals surface area contributed by atoms with Crippen molar-refractivity contribution in [3.8, 4) is 5.75 Å². The fraction of sp³-hybridized carbons (Fsp3) is 0.176. The number of amides is 1. The van der Waals surface area contributed by atoms with Crippen molar-refractivity contribution in [2.75, 3.05) is 6.61 Å². The quantitative estimate of drug-likeness (QED) is 0.760. The SMILES string of the molecule is Cc1ccc2nc(CNC(=O)COc3ccccc3)[nH]c2c1. The Labute approximate surface area is 128 Å². The number of rotatable bonds is 5. The largest absolute Gasteiger partial charge is 0.484 e. The maximum atomic E-state index is 11.8. The first-order valence-corrected chi connectivity index (χ1v) is 7.10. The van der Waals surface area contributed by atoms with E-state index in [4.69, 9.17) is 4.74 Å². The average Bonchev–Trinajstić information content (AvgIpc) is 2.94. The number of aromatic amines is 1. The number of carbonyl (C=O) groups is 1. The second kappa shape index (κ2) is 6.30. The van der Waals surface area contributed by atoms with Crippen LogP contribution in [0.4, 0.5) is 0 Å². The van der Waals surface area contributed by atoms with Gasteiger partial charge >= 0.3 is 0 Å². The molecule has 0 saturated heterocycles. The topological polar surface area (TPSA) is 67.0 Å². The number of nitrogens with one attached hydrogen (secondary N) is 2. The molecule has 5 nitrogen and oxygen atoms in total. The van der Waals surface area contributed by atoms with Gasteiger partial charge in [-0.1, -0.05) is 24.3 Å². The molecule has 0 unspecified atom stereocenters. The summed E-state index contributed by atoms with van der Waals surface area (Å²) in [6.45, 7) is 2.37. The van der Waals surface area contributed by atoms with Crippen LogP contribution in [0.15, 0.2) is 48.5 Å². The van der Waals surface area contributed by atoms with Gasteiger partial charge in [0.1, 0.15) is 11.6 Å². The maximum absolute atomic E-state index is 11.8. The third-order valence-electron chi connectivity index (χ3n) is 3.25. The number of ether oxygens (including phenoxy) is 1. The summed E-state index contributed by atoms with van der Waals surface area (Å²) in [4.78, 5) is 19.4. The lowest BCUT2D eigenvalue weighted by Gasteiger charge is -2.06. The lowest BCUT2D eigenvalue weighted by molar-refractivity contribution is -0.123. The molecule has 1 heterocycles. The molecule has 0 radical (unpaired) electrons. The number of carbonyl (C=O) groups excluding carboxylic acids is 1. The number of H-pyrrole nitrogens is 1. The summed E-state index contributed by atoms with van der Waals surface area (Å²) in [5, 5.41) is 2.79. The van der Waals surface area contributed by atoms with Crippen molar-refractivity contribution < 1.29 is 9.53 Å². The zero-order valence-corrected chi connectivity index (χ0v) is 12.3. The minimum absolute atomic E-state index is 0.0106. The van der Waals surface area contributed by atoms with Gasteiger partial charge in [-0.25, -0.2) is 4.98 Å². The van der Waals surface area contributed by atoms with E-state index in [0.717, 1.165) is 16.9 Å². The van der Waals surface area contributed by atoms with Crippen molar-refractivity contribution in [2.45, 2.75) is 13.5 Å². The number of hydrogen-bond acceptors (Lipinski definition) is 3. The molecule has 0 aliphatic carbocycles. The number of imidazole rings is 1. The van der Waals surface area contributed by atoms with E-state index >= 15 is 0 Å². The van der Waals surface area contributed by atoms with Gasteiger partial charge in [-0.05, 0) is 36.8 Å². The first kappa shape index (κ1) is 14.1. The van der Waals surface area contributed by atoms with Crippen LogP contribution in [0.3, 0.4) is 0 Å². The van der Waals surface area contributed by atoms with E-state index in [0.29, 0.717) is 12.3 Å². The molecular formula is C17H17N3O2. The molecular weight excluding hydrogens is 278 g/mol. The van der Waals surface area contributed by atoms with E-state index in [-0.39, 0.29) is 12.5 Å². The van der Waals surface area contributed by atoms with Crippen molar-refractivity contribution >= 4 is 16.9 Å². The molecule has 3 aromatic rings. The highest BCUT2D eigenvalue weighted by atomic mass is 16.5. The Morgan fingerprint density at radius 3 is 2.86 bits per heavy atom. The Kier molecular flexibility index (Phi) is 4.05. The van der Waals surface area contributed by atoms with E-state index < -0.39 is 0 Å². The van der Waals surface area contributed by atoms with Crippen molar-refractivity contribution in [2.24, 2.45) is 0 Å². The van der Waals surface area contributed by atoms with Gasteiger partial charge in [-0.3, -0.25) is 4.79 Å².